The van der Waals surface area contributed by atoms with Crippen LogP contribution in [-0.2, 0) is 15.4 Å². The summed E-state index contributed by atoms with van der Waals surface area (Å²) in [6.07, 6.45) is 0. The van der Waals surface area contributed by atoms with Crippen molar-refractivity contribution in [3.63, 3.8) is 0 Å². The van der Waals surface area contributed by atoms with Crippen LogP contribution in [0.25, 0.3) is 0 Å². The largest absolute Gasteiger partial charge is 0.360 e. The first kappa shape index (κ1) is 20.8. The van der Waals surface area contributed by atoms with Gasteiger partial charge in [-0.15, -0.1) is 0 Å². The number of anilines is 1. The maximum absolute atomic E-state index is 12.9. The van der Waals surface area contributed by atoms with Crippen LogP contribution in [0.2, 0.25) is 0 Å². The van der Waals surface area contributed by atoms with E-state index in [1.165, 1.54) is 13.0 Å². The van der Waals surface area contributed by atoms with E-state index >= 15 is 0 Å². The molecular weight excluding hydrogens is 388 g/mol. The van der Waals surface area contributed by atoms with Crippen molar-refractivity contribution in [2.45, 2.75) is 44.9 Å². The Morgan fingerprint density at radius 2 is 1.66 bits per heavy atom. The molecule has 29 heavy (non-hydrogen) atoms. The molecule has 0 radical (unpaired) electrons. The molecule has 0 amide bonds. The number of sulfonamides is 1. The number of aryl methyl sites for hydroxylation is 2. The summed E-state index contributed by atoms with van der Waals surface area (Å²) >= 11 is 0. The summed E-state index contributed by atoms with van der Waals surface area (Å²) in [4.78, 5) is 12.9. The second kappa shape index (κ2) is 7.48. The van der Waals surface area contributed by atoms with E-state index in [4.69, 9.17) is 4.52 Å². The third-order valence-electron chi connectivity index (χ3n) is 4.63. The second-order valence-electron chi connectivity index (χ2n) is 8.00. The van der Waals surface area contributed by atoms with E-state index in [9.17, 15) is 13.2 Å². The molecule has 1 heterocycles. The van der Waals surface area contributed by atoms with Crippen molar-refractivity contribution in [1.29, 1.82) is 0 Å². The second-order valence-corrected chi connectivity index (χ2v) is 9.62. The van der Waals surface area contributed by atoms with Crippen molar-refractivity contribution < 1.29 is 17.7 Å². The molecule has 2 aromatic carbocycles. The van der Waals surface area contributed by atoms with Gasteiger partial charge in [-0.2, -0.15) is 0 Å². The molecule has 0 aliphatic heterocycles. The number of nitrogens with zero attached hydrogens (tertiary/aromatic N) is 1. The fraction of sp³-hybridized carbons (Fsp3) is 0.273. The highest BCUT2D eigenvalue weighted by Crippen LogP contribution is 2.25. The molecule has 0 bridgehead atoms. The Kier molecular flexibility index (Phi) is 5.36. The number of rotatable bonds is 5. The lowest BCUT2D eigenvalue weighted by Gasteiger charge is -2.19. The van der Waals surface area contributed by atoms with Crippen molar-refractivity contribution in [1.82, 2.24) is 5.16 Å². The molecule has 0 saturated carbocycles. The molecule has 0 aliphatic rings. The van der Waals surface area contributed by atoms with E-state index in [1.807, 2.05) is 12.1 Å². The number of hydrogen-bond acceptors (Lipinski definition) is 5. The number of carbonyl (C=O) groups is 1. The number of benzene rings is 2. The SMILES string of the molecule is Cc1noc(C)c1S(=O)(=O)Nc1cccc(C(=O)c2ccc(C(C)(C)C)cc2)c1. The van der Waals surface area contributed by atoms with Crippen molar-refractivity contribution >= 4 is 21.5 Å². The first-order valence-electron chi connectivity index (χ1n) is 9.20. The van der Waals surface area contributed by atoms with Crippen LogP contribution in [0.4, 0.5) is 5.69 Å². The number of ketones is 1. The highest BCUT2D eigenvalue weighted by molar-refractivity contribution is 7.92. The minimum atomic E-state index is -3.88. The predicted octanol–water partition coefficient (Wildman–Crippen LogP) is 4.62. The molecule has 0 aliphatic carbocycles. The lowest BCUT2D eigenvalue weighted by molar-refractivity contribution is 0.103. The third-order valence-corrected chi connectivity index (χ3v) is 6.25. The average molecular weight is 413 g/mol. The quantitative estimate of drug-likeness (QED) is 0.618. The Labute approximate surface area is 171 Å². The van der Waals surface area contributed by atoms with Gasteiger partial charge in [-0.1, -0.05) is 62.3 Å². The monoisotopic (exact) mass is 412 g/mol. The van der Waals surface area contributed by atoms with Crippen LogP contribution in [-0.4, -0.2) is 19.4 Å². The molecule has 7 heteroatoms. The van der Waals surface area contributed by atoms with Gasteiger partial charge in [0.15, 0.2) is 16.4 Å². The summed E-state index contributed by atoms with van der Waals surface area (Å²) in [6.45, 7) is 9.43. The van der Waals surface area contributed by atoms with Gasteiger partial charge in [0.1, 0.15) is 5.69 Å². The Bertz CT molecular complexity index is 1130. The molecule has 3 aromatic rings. The van der Waals surface area contributed by atoms with Crippen LogP contribution >= 0.6 is 0 Å². The third kappa shape index (κ3) is 4.40. The summed E-state index contributed by atoms with van der Waals surface area (Å²) < 4.78 is 32.8. The van der Waals surface area contributed by atoms with Gasteiger partial charge in [-0.25, -0.2) is 8.42 Å². The molecule has 152 valence electrons. The summed E-state index contributed by atoms with van der Waals surface area (Å²) in [5, 5.41) is 3.69. The van der Waals surface area contributed by atoms with Gasteiger partial charge in [0.2, 0.25) is 0 Å². The lowest BCUT2D eigenvalue weighted by atomic mass is 9.86. The molecule has 0 saturated heterocycles. The standard InChI is InChI=1S/C22H24N2O4S/c1-14-21(15(2)28-23-14)29(26,27)24-19-8-6-7-17(13-19)20(25)16-9-11-18(12-10-16)22(3,4)5/h6-13,24H,1-5H3. The summed E-state index contributed by atoms with van der Waals surface area (Å²) in [5.74, 6) is 0.0324. The molecule has 3 rings (SSSR count). The smallest absolute Gasteiger partial charge is 0.267 e. The van der Waals surface area contributed by atoms with Gasteiger partial charge >= 0.3 is 0 Å². The minimum absolute atomic E-state index is 0.00201. The fourth-order valence-corrected chi connectivity index (χ4v) is 4.46. The van der Waals surface area contributed by atoms with Gasteiger partial charge in [-0.3, -0.25) is 9.52 Å². The van der Waals surface area contributed by atoms with Crippen molar-refractivity contribution in [3.8, 4) is 0 Å². The van der Waals surface area contributed by atoms with E-state index in [-0.39, 0.29) is 27.5 Å². The van der Waals surface area contributed by atoms with E-state index in [0.29, 0.717) is 16.8 Å². The van der Waals surface area contributed by atoms with Crippen LogP contribution in [0.3, 0.4) is 0 Å². The zero-order chi connectivity index (χ0) is 21.4. The molecular formula is C22H24N2O4S. The zero-order valence-corrected chi connectivity index (χ0v) is 17.9. The Morgan fingerprint density at radius 3 is 2.21 bits per heavy atom. The van der Waals surface area contributed by atoms with Gasteiger partial charge in [-0.05, 0) is 37.0 Å². The number of hydrogen-bond donors (Lipinski definition) is 1. The van der Waals surface area contributed by atoms with Gasteiger partial charge in [0, 0.05) is 16.8 Å². The lowest BCUT2D eigenvalue weighted by Crippen LogP contribution is -2.15. The van der Waals surface area contributed by atoms with Crippen molar-refractivity contribution in [2.75, 3.05) is 4.72 Å². The highest BCUT2D eigenvalue weighted by atomic mass is 32.2. The maximum atomic E-state index is 12.9. The number of carbonyl (C=O) groups excluding carboxylic acids is 1. The predicted molar refractivity (Wildman–Crippen MR) is 112 cm³/mol. The zero-order valence-electron chi connectivity index (χ0n) is 17.1. The fourth-order valence-electron chi connectivity index (χ4n) is 3.08. The first-order valence-corrected chi connectivity index (χ1v) is 10.7. The molecule has 0 unspecified atom stereocenters. The van der Waals surface area contributed by atoms with Gasteiger partial charge in [0.05, 0.1) is 0 Å². The molecule has 1 aromatic heterocycles. The Hall–Kier alpha value is -2.93. The van der Waals surface area contributed by atoms with Crippen LogP contribution in [0, 0.1) is 13.8 Å². The van der Waals surface area contributed by atoms with E-state index in [2.05, 4.69) is 30.6 Å². The first-order chi connectivity index (χ1) is 13.5. The van der Waals surface area contributed by atoms with E-state index in [1.54, 1.807) is 37.3 Å². The normalized spacial score (nSPS) is 12.0. The van der Waals surface area contributed by atoms with E-state index < -0.39 is 10.0 Å². The average Bonchev–Trinajstić information content (AvgIpc) is 2.99. The topological polar surface area (TPSA) is 89.3 Å². The van der Waals surface area contributed by atoms with Gasteiger partial charge in [0.25, 0.3) is 10.0 Å². The summed E-state index contributed by atoms with van der Waals surface area (Å²) in [6, 6.07) is 13.9. The number of nitrogens with one attached hydrogen (secondary N) is 1. The van der Waals surface area contributed by atoms with E-state index in [0.717, 1.165) is 5.56 Å². The Morgan fingerprint density at radius 1 is 1.00 bits per heavy atom. The van der Waals surface area contributed by atoms with Crippen molar-refractivity contribution in [3.05, 3.63) is 76.7 Å². The molecule has 0 spiro atoms. The maximum Gasteiger partial charge on any atom is 0.267 e. The molecule has 1 N–H and O–H groups in total. The Balaban J connectivity index is 1.87. The molecule has 0 atom stereocenters. The van der Waals surface area contributed by atoms with Crippen LogP contribution in [0.15, 0.2) is 57.9 Å². The molecule has 0 fully saturated rings. The van der Waals surface area contributed by atoms with Crippen LogP contribution < -0.4 is 4.72 Å². The summed E-state index contributed by atoms with van der Waals surface area (Å²) in [7, 11) is -3.88. The molecule has 6 nitrogen and oxygen atoms in total. The highest BCUT2D eigenvalue weighted by Gasteiger charge is 2.24. The van der Waals surface area contributed by atoms with Crippen LogP contribution in [0.5, 0.6) is 0 Å². The summed E-state index contributed by atoms with van der Waals surface area (Å²) in [5.41, 5.74) is 2.65. The minimum Gasteiger partial charge on any atom is -0.360 e. The van der Waals surface area contributed by atoms with Crippen molar-refractivity contribution in [2.24, 2.45) is 0 Å². The van der Waals surface area contributed by atoms with Crippen LogP contribution in [0.1, 0.15) is 53.7 Å². The van der Waals surface area contributed by atoms with Gasteiger partial charge < -0.3 is 4.52 Å². The number of aromatic nitrogens is 1.